The first-order chi connectivity index (χ1) is 9.38. The minimum absolute atomic E-state index is 0.198. The van der Waals surface area contributed by atoms with Crippen molar-refractivity contribution in [2.45, 2.75) is 33.2 Å². The largest absolute Gasteiger partial charge is 0.305 e. The Labute approximate surface area is 124 Å². The van der Waals surface area contributed by atoms with Gasteiger partial charge >= 0.3 is 0 Å². The maximum absolute atomic E-state index is 14.1. The van der Waals surface area contributed by atoms with Gasteiger partial charge in [0.2, 0.25) is 0 Å². The van der Waals surface area contributed by atoms with Crippen LogP contribution in [-0.2, 0) is 6.54 Å². The minimum Gasteiger partial charge on any atom is -0.305 e. The van der Waals surface area contributed by atoms with Crippen molar-refractivity contribution in [2.24, 2.45) is 0 Å². The Morgan fingerprint density at radius 3 is 2.55 bits per heavy atom. The van der Waals surface area contributed by atoms with Crippen molar-refractivity contribution in [3.05, 3.63) is 40.2 Å². The van der Waals surface area contributed by atoms with Crippen LogP contribution in [0.3, 0.4) is 0 Å². The zero-order valence-electron chi connectivity index (χ0n) is 12.7. The van der Waals surface area contributed by atoms with Crippen LogP contribution in [0.1, 0.15) is 35.9 Å². The molecule has 0 saturated carbocycles. The van der Waals surface area contributed by atoms with Crippen molar-refractivity contribution >= 4 is 11.3 Å². The monoisotopic (exact) mass is 292 g/mol. The summed E-state index contributed by atoms with van der Waals surface area (Å²) in [6.07, 6.45) is 0. The maximum atomic E-state index is 14.1. The van der Waals surface area contributed by atoms with Crippen LogP contribution >= 0.6 is 11.3 Å². The molecular formula is C16H21FN2S. The van der Waals surface area contributed by atoms with Gasteiger partial charge in [-0.2, -0.15) is 0 Å². The number of thiazole rings is 1. The quantitative estimate of drug-likeness (QED) is 0.828. The molecule has 0 bridgehead atoms. The molecule has 0 spiro atoms. The van der Waals surface area contributed by atoms with E-state index in [-0.39, 0.29) is 5.82 Å². The Morgan fingerprint density at radius 2 is 2.00 bits per heavy atom. The molecule has 2 rings (SSSR count). The molecule has 0 amide bonds. The first-order valence-electron chi connectivity index (χ1n) is 6.79. The number of rotatable bonds is 4. The Morgan fingerprint density at radius 1 is 1.30 bits per heavy atom. The standard InChI is InChI=1S/C16H21FN2S/c1-10(2)15-11(3)18-16(20-15)13-8-12(9-19(4)5)6-7-14(13)17/h6-8,10H,9H2,1-5H3. The molecule has 0 radical (unpaired) electrons. The SMILES string of the molecule is Cc1nc(-c2cc(CN(C)C)ccc2F)sc1C(C)C. The summed E-state index contributed by atoms with van der Waals surface area (Å²) >= 11 is 1.60. The fourth-order valence-electron chi connectivity index (χ4n) is 2.26. The summed E-state index contributed by atoms with van der Waals surface area (Å²) in [6.45, 7) is 7.08. The van der Waals surface area contributed by atoms with E-state index in [9.17, 15) is 4.39 Å². The molecule has 108 valence electrons. The highest BCUT2D eigenvalue weighted by Gasteiger charge is 2.15. The molecule has 0 aliphatic rings. The van der Waals surface area contributed by atoms with Crippen LogP contribution in [0.5, 0.6) is 0 Å². The van der Waals surface area contributed by atoms with Crippen molar-refractivity contribution in [1.29, 1.82) is 0 Å². The van der Waals surface area contributed by atoms with Gasteiger partial charge in [-0.15, -0.1) is 11.3 Å². The fourth-order valence-corrected chi connectivity index (χ4v) is 3.35. The van der Waals surface area contributed by atoms with Gasteiger partial charge in [-0.05, 0) is 44.6 Å². The van der Waals surface area contributed by atoms with Gasteiger partial charge in [-0.25, -0.2) is 9.37 Å². The third kappa shape index (κ3) is 3.25. The lowest BCUT2D eigenvalue weighted by Gasteiger charge is -2.10. The molecule has 0 aliphatic carbocycles. The summed E-state index contributed by atoms with van der Waals surface area (Å²) in [5.41, 5.74) is 2.73. The number of aromatic nitrogens is 1. The van der Waals surface area contributed by atoms with Gasteiger partial charge in [0, 0.05) is 17.0 Å². The predicted molar refractivity (Wildman–Crippen MR) is 83.7 cm³/mol. The lowest BCUT2D eigenvalue weighted by Crippen LogP contribution is -2.10. The Balaban J connectivity index is 2.43. The van der Waals surface area contributed by atoms with Crippen LogP contribution in [0.25, 0.3) is 10.6 Å². The molecule has 0 unspecified atom stereocenters. The van der Waals surface area contributed by atoms with E-state index in [4.69, 9.17) is 0 Å². The van der Waals surface area contributed by atoms with Gasteiger partial charge in [0.15, 0.2) is 0 Å². The first kappa shape index (κ1) is 15.1. The normalized spacial score (nSPS) is 11.6. The summed E-state index contributed by atoms with van der Waals surface area (Å²) < 4.78 is 14.1. The fraction of sp³-hybridized carbons (Fsp3) is 0.438. The Hall–Kier alpha value is -1.26. The van der Waals surface area contributed by atoms with Crippen LogP contribution in [0.15, 0.2) is 18.2 Å². The summed E-state index contributed by atoms with van der Waals surface area (Å²) in [5.74, 6) is 0.228. The van der Waals surface area contributed by atoms with E-state index in [1.54, 1.807) is 17.4 Å². The molecule has 1 heterocycles. The third-order valence-corrected chi connectivity index (χ3v) is 4.61. The van der Waals surface area contributed by atoms with Crippen LogP contribution in [0, 0.1) is 12.7 Å². The van der Waals surface area contributed by atoms with Crippen molar-refractivity contribution in [1.82, 2.24) is 9.88 Å². The highest BCUT2D eigenvalue weighted by molar-refractivity contribution is 7.15. The molecule has 0 saturated heterocycles. The van der Waals surface area contributed by atoms with Crippen molar-refractivity contribution in [3.8, 4) is 10.6 Å². The third-order valence-electron chi connectivity index (χ3n) is 3.12. The zero-order valence-corrected chi connectivity index (χ0v) is 13.5. The van der Waals surface area contributed by atoms with E-state index in [0.717, 1.165) is 22.8 Å². The van der Waals surface area contributed by atoms with Crippen molar-refractivity contribution < 1.29 is 4.39 Å². The van der Waals surface area contributed by atoms with E-state index in [1.807, 2.05) is 33.2 Å². The molecule has 0 fully saturated rings. The number of benzene rings is 1. The Kier molecular flexibility index (Phi) is 4.55. The molecule has 1 aromatic carbocycles. The van der Waals surface area contributed by atoms with Gasteiger partial charge in [-0.1, -0.05) is 19.9 Å². The van der Waals surface area contributed by atoms with Crippen molar-refractivity contribution in [2.75, 3.05) is 14.1 Å². The van der Waals surface area contributed by atoms with Crippen LogP contribution < -0.4 is 0 Å². The summed E-state index contributed by atoms with van der Waals surface area (Å²) in [5, 5.41) is 0.782. The van der Waals surface area contributed by atoms with Crippen LogP contribution in [-0.4, -0.2) is 24.0 Å². The molecule has 20 heavy (non-hydrogen) atoms. The van der Waals surface area contributed by atoms with Gasteiger partial charge in [0.25, 0.3) is 0 Å². The van der Waals surface area contributed by atoms with Gasteiger partial charge in [-0.3, -0.25) is 0 Å². The van der Waals surface area contributed by atoms with Gasteiger partial charge in [0.1, 0.15) is 10.8 Å². The molecule has 4 heteroatoms. The number of hydrogen-bond donors (Lipinski definition) is 0. The number of aryl methyl sites for hydroxylation is 1. The van der Waals surface area contributed by atoms with Crippen LogP contribution in [0.4, 0.5) is 4.39 Å². The van der Waals surface area contributed by atoms with E-state index in [1.165, 1.54) is 4.88 Å². The number of nitrogens with zero attached hydrogens (tertiary/aromatic N) is 2. The number of hydrogen-bond acceptors (Lipinski definition) is 3. The molecular weight excluding hydrogens is 271 g/mol. The second-order valence-corrected chi connectivity index (χ2v) is 6.71. The summed E-state index contributed by atoms with van der Waals surface area (Å²) in [4.78, 5) is 7.85. The molecule has 0 atom stereocenters. The molecule has 0 aliphatic heterocycles. The second kappa shape index (κ2) is 6.02. The van der Waals surface area contributed by atoms with Gasteiger partial charge < -0.3 is 4.90 Å². The van der Waals surface area contributed by atoms with Crippen molar-refractivity contribution in [3.63, 3.8) is 0 Å². The smallest absolute Gasteiger partial charge is 0.133 e. The molecule has 2 aromatic rings. The average Bonchev–Trinajstić information content (AvgIpc) is 2.73. The van der Waals surface area contributed by atoms with E-state index >= 15 is 0 Å². The van der Waals surface area contributed by atoms with E-state index in [0.29, 0.717) is 11.5 Å². The number of halogens is 1. The minimum atomic E-state index is -0.198. The molecule has 1 aromatic heterocycles. The second-order valence-electron chi connectivity index (χ2n) is 5.68. The van der Waals surface area contributed by atoms with Gasteiger partial charge in [0.05, 0.1) is 5.69 Å². The summed E-state index contributed by atoms with van der Waals surface area (Å²) in [7, 11) is 4.01. The maximum Gasteiger partial charge on any atom is 0.133 e. The average molecular weight is 292 g/mol. The molecule has 2 nitrogen and oxygen atoms in total. The van der Waals surface area contributed by atoms with Crippen LogP contribution in [0.2, 0.25) is 0 Å². The topological polar surface area (TPSA) is 16.1 Å². The predicted octanol–water partition coefficient (Wildman–Crippen LogP) is 4.44. The zero-order chi connectivity index (χ0) is 14.9. The summed E-state index contributed by atoms with van der Waals surface area (Å²) in [6, 6.07) is 5.29. The van der Waals surface area contributed by atoms with E-state index < -0.39 is 0 Å². The lowest BCUT2D eigenvalue weighted by molar-refractivity contribution is 0.402. The highest BCUT2D eigenvalue weighted by atomic mass is 32.1. The lowest BCUT2D eigenvalue weighted by atomic mass is 10.1. The first-order valence-corrected chi connectivity index (χ1v) is 7.61. The molecule has 0 N–H and O–H groups in total. The Bertz CT molecular complexity index is 603. The highest BCUT2D eigenvalue weighted by Crippen LogP contribution is 2.34. The van der Waals surface area contributed by atoms with E-state index in [2.05, 4.69) is 23.7 Å².